The van der Waals surface area contributed by atoms with Crippen LogP contribution in [0.25, 0.3) is 0 Å². The third-order valence-corrected chi connectivity index (χ3v) is 4.76. The molecule has 10 heteroatoms. The summed E-state index contributed by atoms with van der Waals surface area (Å²) in [5.74, 6) is 0.342. The van der Waals surface area contributed by atoms with Crippen molar-refractivity contribution < 1.29 is 14.3 Å². The van der Waals surface area contributed by atoms with Gasteiger partial charge in [0.15, 0.2) is 5.82 Å². The van der Waals surface area contributed by atoms with E-state index in [1.165, 1.54) is 6.33 Å². The predicted molar refractivity (Wildman–Crippen MR) is 99.2 cm³/mol. The summed E-state index contributed by atoms with van der Waals surface area (Å²) in [5, 5.41) is 16.3. The number of fused-ring (bicyclic) bond motifs is 1. The molecule has 0 spiro atoms. The van der Waals surface area contributed by atoms with Gasteiger partial charge >= 0.3 is 0 Å². The number of hydrogen-bond acceptors (Lipinski definition) is 6. The average Bonchev–Trinajstić information content (AvgIpc) is 3.36. The topological polar surface area (TPSA) is 127 Å². The van der Waals surface area contributed by atoms with Gasteiger partial charge in [-0.15, -0.1) is 0 Å². The van der Waals surface area contributed by atoms with E-state index in [2.05, 4.69) is 30.9 Å². The zero-order valence-corrected chi connectivity index (χ0v) is 15.4. The monoisotopic (exact) mass is 381 g/mol. The van der Waals surface area contributed by atoms with Crippen molar-refractivity contribution >= 4 is 17.6 Å². The zero-order chi connectivity index (χ0) is 19.7. The fraction of sp³-hybridized carbons (Fsp3) is 0.278. The highest BCUT2D eigenvalue weighted by molar-refractivity contribution is 6.00. The maximum absolute atomic E-state index is 12.3. The fourth-order valence-corrected chi connectivity index (χ4v) is 3.47. The van der Waals surface area contributed by atoms with Gasteiger partial charge in [0, 0.05) is 30.5 Å². The Balaban J connectivity index is 1.78. The van der Waals surface area contributed by atoms with Crippen LogP contribution in [0.5, 0.6) is 5.75 Å². The van der Waals surface area contributed by atoms with Crippen LogP contribution in [0.4, 0.5) is 5.82 Å². The third-order valence-electron chi connectivity index (χ3n) is 4.76. The van der Waals surface area contributed by atoms with Crippen LogP contribution in [0.1, 0.15) is 39.5 Å². The van der Waals surface area contributed by atoms with Gasteiger partial charge in [0.2, 0.25) is 5.91 Å². The predicted octanol–water partition coefficient (Wildman–Crippen LogP) is 0.892. The highest BCUT2D eigenvalue weighted by atomic mass is 16.5. The number of carbonyl (C=O) groups is 2. The first-order valence-electron chi connectivity index (χ1n) is 8.70. The van der Waals surface area contributed by atoms with E-state index in [9.17, 15) is 9.59 Å². The lowest BCUT2D eigenvalue weighted by Crippen LogP contribution is -2.26. The van der Waals surface area contributed by atoms with Gasteiger partial charge in [-0.05, 0) is 17.7 Å². The molecule has 0 saturated heterocycles. The molecule has 0 saturated carbocycles. The summed E-state index contributed by atoms with van der Waals surface area (Å²) >= 11 is 0. The normalized spacial score (nSPS) is 15.6. The second-order valence-corrected chi connectivity index (χ2v) is 6.41. The van der Waals surface area contributed by atoms with Crippen LogP contribution in [0.15, 0.2) is 30.9 Å². The van der Waals surface area contributed by atoms with Crippen LogP contribution >= 0.6 is 0 Å². The number of methoxy groups -OCH3 is 1. The van der Waals surface area contributed by atoms with Crippen LogP contribution < -0.4 is 15.4 Å². The Bertz CT molecular complexity index is 1030. The van der Waals surface area contributed by atoms with Crippen molar-refractivity contribution in [2.24, 2.45) is 0 Å². The van der Waals surface area contributed by atoms with E-state index in [1.807, 2.05) is 18.2 Å². The number of nitrogens with one attached hydrogen (secondary N) is 3. The van der Waals surface area contributed by atoms with Gasteiger partial charge in [0.25, 0.3) is 5.91 Å². The highest BCUT2D eigenvalue weighted by Gasteiger charge is 2.33. The van der Waals surface area contributed by atoms with Crippen molar-refractivity contribution in [3.05, 3.63) is 53.2 Å². The van der Waals surface area contributed by atoms with E-state index in [0.29, 0.717) is 29.4 Å². The second kappa shape index (κ2) is 7.14. The Labute approximate surface area is 160 Å². The number of anilines is 1. The molecule has 0 radical (unpaired) electrons. The molecule has 0 aliphatic carbocycles. The van der Waals surface area contributed by atoms with Gasteiger partial charge in [0.1, 0.15) is 24.1 Å². The van der Waals surface area contributed by atoms with Crippen LogP contribution in [0.3, 0.4) is 0 Å². The fourth-order valence-electron chi connectivity index (χ4n) is 3.47. The van der Waals surface area contributed by atoms with Gasteiger partial charge < -0.3 is 15.4 Å². The van der Waals surface area contributed by atoms with Gasteiger partial charge in [-0.1, -0.05) is 6.07 Å². The Kier molecular flexibility index (Phi) is 4.52. The van der Waals surface area contributed by atoms with E-state index in [1.54, 1.807) is 25.2 Å². The summed E-state index contributed by atoms with van der Waals surface area (Å²) in [6, 6.07) is 5.72. The van der Waals surface area contributed by atoms with Crippen LogP contribution in [-0.2, 0) is 11.3 Å². The van der Waals surface area contributed by atoms with E-state index < -0.39 is 0 Å². The summed E-state index contributed by atoms with van der Waals surface area (Å²) < 4.78 is 7.16. The molecule has 3 N–H and O–H groups in total. The molecular formula is C18H19N7O3. The van der Waals surface area contributed by atoms with Crippen LogP contribution in [0, 0.1) is 0 Å². The quantitative estimate of drug-likeness (QED) is 0.602. The Morgan fingerprint density at radius 1 is 1.43 bits per heavy atom. The maximum Gasteiger partial charge on any atom is 0.269 e. The number of carbonyl (C=O) groups excluding carboxylic acids is 2. The van der Waals surface area contributed by atoms with Crippen molar-refractivity contribution in [2.75, 3.05) is 19.5 Å². The number of aromatic nitrogens is 5. The van der Waals surface area contributed by atoms with Gasteiger partial charge in [-0.3, -0.25) is 14.7 Å². The first-order valence-corrected chi connectivity index (χ1v) is 8.70. The van der Waals surface area contributed by atoms with Crippen molar-refractivity contribution in [1.29, 1.82) is 0 Å². The smallest absolute Gasteiger partial charge is 0.269 e. The molecule has 1 aliphatic rings. The van der Waals surface area contributed by atoms with Gasteiger partial charge in [-0.25, -0.2) is 9.67 Å². The minimum Gasteiger partial charge on any atom is -0.496 e. The Hall–Kier alpha value is -3.69. The number of rotatable bonds is 5. The third kappa shape index (κ3) is 3.08. The van der Waals surface area contributed by atoms with Crippen molar-refractivity contribution in [3.8, 4) is 5.75 Å². The number of H-pyrrole nitrogens is 1. The summed E-state index contributed by atoms with van der Waals surface area (Å²) in [6.45, 7) is 0.469. The lowest BCUT2D eigenvalue weighted by molar-refractivity contribution is -0.116. The van der Waals surface area contributed by atoms with Crippen LogP contribution in [-0.4, -0.2) is 50.9 Å². The average molecular weight is 381 g/mol. The first kappa shape index (κ1) is 17.7. The van der Waals surface area contributed by atoms with Crippen molar-refractivity contribution in [3.63, 3.8) is 0 Å². The molecular weight excluding hydrogens is 362 g/mol. The van der Waals surface area contributed by atoms with E-state index in [4.69, 9.17) is 4.74 Å². The largest absolute Gasteiger partial charge is 0.496 e. The molecule has 1 atom stereocenters. The number of hydrogen-bond donors (Lipinski definition) is 3. The number of amides is 2. The van der Waals surface area contributed by atoms with Gasteiger partial charge in [-0.2, -0.15) is 10.2 Å². The van der Waals surface area contributed by atoms with E-state index >= 15 is 0 Å². The second-order valence-electron chi connectivity index (χ2n) is 6.41. The molecule has 1 aliphatic heterocycles. The van der Waals surface area contributed by atoms with Crippen LogP contribution in [0.2, 0.25) is 0 Å². The Morgan fingerprint density at radius 2 is 2.29 bits per heavy atom. The molecule has 28 heavy (non-hydrogen) atoms. The van der Waals surface area contributed by atoms with E-state index in [0.717, 1.165) is 11.1 Å². The minimum absolute atomic E-state index is 0.152. The van der Waals surface area contributed by atoms with Gasteiger partial charge in [0.05, 0.1) is 13.7 Å². The summed E-state index contributed by atoms with van der Waals surface area (Å²) in [5.41, 5.74) is 2.80. The molecule has 0 fully saturated rings. The summed E-state index contributed by atoms with van der Waals surface area (Å²) in [7, 11) is 3.15. The minimum atomic E-state index is -0.310. The Morgan fingerprint density at radius 3 is 3.00 bits per heavy atom. The molecule has 3 heterocycles. The number of benzene rings is 1. The molecule has 2 amide bonds. The van der Waals surface area contributed by atoms with Crippen molar-refractivity contribution in [1.82, 2.24) is 30.3 Å². The van der Waals surface area contributed by atoms with E-state index in [-0.39, 0.29) is 24.2 Å². The number of nitrogens with zero attached hydrogens (tertiary/aromatic N) is 4. The first-order chi connectivity index (χ1) is 13.6. The zero-order valence-electron chi connectivity index (χ0n) is 15.4. The number of ether oxygens (including phenoxy) is 1. The lowest BCUT2D eigenvalue weighted by atomic mass is 9.84. The standard InChI is InChI=1S/C18H19N7O3/c1-19-18(27)16-15-12(6-14(26)22-17(15)24-23-16)10-3-4-13(28-2)11(5-10)7-25-9-20-8-21-25/h3-5,8-9,12H,6-7H2,1-2H3,(H,19,27)(H2,22,23,24,26). The lowest BCUT2D eigenvalue weighted by Gasteiger charge is -2.24. The molecule has 3 aromatic rings. The maximum atomic E-state index is 12.3. The molecule has 1 aromatic carbocycles. The number of aromatic amines is 1. The molecule has 2 aromatic heterocycles. The highest BCUT2D eigenvalue weighted by Crippen LogP contribution is 2.39. The molecule has 10 nitrogen and oxygen atoms in total. The molecule has 1 unspecified atom stereocenters. The molecule has 144 valence electrons. The summed E-state index contributed by atoms with van der Waals surface area (Å²) in [4.78, 5) is 28.4. The SMILES string of the molecule is CNC(=O)c1[nH]nc2c1C(c1ccc(OC)c(Cn3cncn3)c1)CC(=O)N2. The molecule has 0 bridgehead atoms. The summed E-state index contributed by atoms with van der Waals surface area (Å²) in [6.07, 6.45) is 3.30. The molecule has 4 rings (SSSR count). The van der Waals surface area contributed by atoms with Crippen molar-refractivity contribution in [2.45, 2.75) is 18.9 Å².